The number of hydrogen-bond acceptors (Lipinski definition) is 7. The fraction of sp³-hybridized carbons (Fsp3) is 0.471. The third-order valence-electron chi connectivity index (χ3n) is 4.17. The highest BCUT2D eigenvalue weighted by atomic mass is 35.5. The van der Waals surface area contributed by atoms with Gasteiger partial charge in [0, 0.05) is 31.1 Å². The lowest BCUT2D eigenvalue weighted by Gasteiger charge is -2.33. The fourth-order valence-electron chi connectivity index (χ4n) is 2.65. The molecule has 0 saturated carbocycles. The van der Waals surface area contributed by atoms with E-state index in [2.05, 4.69) is 40.7 Å². The molecule has 134 valence electrons. The van der Waals surface area contributed by atoms with E-state index >= 15 is 0 Å². The first-order valence-corrected chi connectivity index (χ1v) is 9.44. The summed E-state index contributed by atoms with van der Waals surface area (Å²) in [7, 11) is 2.12. The molecule has 6 nitrogen and oxygen atoms in total. The zero-order chi connectivity index (χ0) is 18.0. The number of anilines is 2. The molecule has 2 N–H and O–H groups in total. The summed E-state index contributed by atoms with van der Waals surface area (Å²) in [6, 6.07) is 7.78. The van der Waals surface area contributed by atoms with E-state index in [0.717, 1.165) is 36.1 Å². The molecule has 2 heterocycles. The van der Waals surface area contributed by atoms with Gasteiger partial charge in [0.15, 0.2) is 5.82 Å². The summed E-state index contributed by atoms with van der Waals surface area (Å²) < 4.78 is -0.386. The molecule has 1 aliphatic heterocycles. The first-order valence-electron chi connectivity index (χ1n) is 8.24. The van der Waals surface area contributed by atoms with Crippen LogP contribution in [0.2, 0.25) is 5.02 Å². The molecule has 1 saturated heterocycles. The Kier molecular flexibility index (Phi) is 5.36. The minimum atomic E-state index is -0.386. The van der Waals surface area contributed by atoms with Crippen LogP contribution in [0.5, 0.6) is 0 Å². The van der Waals surface area contributed by atoms with Gasteiger partial charge in [-0.25, -0.2) is 0 Å². The summed E-state index contributed by atoms with van der Waals surface area (Å²) in [5.74, 6) is 1.58. The van der Waals surface area contributed by atoms with Crippen LogP contribution < -0.4 is 10.6 Å². The van der Waals surface area contributed by atoms with Crippen LogP contribution in [0, 0.1) is 0 Å². The minimum absolute atomic E-state index is 0.256. The van der Waals surface area contributed by atoms with E-state index in [1.807, 2.05) is 24.3 Å². The van der Waals surface area contributed by atoms with Crippen LogP contribution in [-0.4, -0.2) is 53.1 Å². The van der Waals surface area contributed by atoms with Gasteiger partial charge >= 0.3 is 0 Å². The first-order chi connectivity index (χ1) is 11.8. The molecule has 0 amide bonds. The third kappa shape index (κ3) is 4.34. The maximum Gasteiger partial charge on any atom is 0.230 e. The van der Waals surface area contributed by atoms with Gasteiger partial charge < -0.3 is 15.5 Å². The lowest BCUT2D eigenvalue weighted by atomic mass is 10.2. The molecule has 1 aromatic heterocycles. The number of likely N-dealkylation sites (N-methyl/N-ethyl adjacent to an activating group) is 1. The van der Waals surface area contributed by atoms with Crippen LogP contribution in [0.25, 0.3) is 0 Å². The molecule has 3 rings (SSSR count). The number of nitrogens with zero attached hydrogens (tertiary/aromatic N) is 5. The molecular weight excluding hydrogens is 356 g/mol. The van der Waals surface area contributed by atoms with Gasteiger partial charge in [-0.05, 0) is 33.0 Å². The Bertz CT molecular complexity index is 746. The summed E-state index contributed by atoms with van der Waals surface area (Å²) in [6.07, 6.45) is 0. The lowest BCUT2D eigenvalue weighted by molar-refractivity contribution is 0.311. The number of hydrogen-bond donors (Lipinski definition) is 1. The molecule has 8 heteroatoms. The van der Waals surface area contributed by atoms with E-state index in [1.54, 1.807) is 11.8 Å². The van der Waals surface area contributed by atoms with Crippen molar-refractivity contribution in [2.45, 2.75) is 23.5 Å². The van der Waals surface area contributed by atoms with Crippen LogP contribution in [-0.2, 0) is 4.75 Å². The molecule has 1 aliphatic rings. The number of halogens is 1. The van der Waals surface area contributed by atoms with Gasteiger partial charge in [0.1, 0.15) is 0 Å². The second-order valence-corrected chi connectivity index (χ2v) is 8.72. The maximum absolute atomic E-state index is 6.30. The zero-order valence-corrected chi connectivity index (χ0v) is 16.3. The van der Waals surface area contributed by atoms with Gasteiger partial charge in [0.05, 0.1) is 9.77 Å². The monoisotopic (exact) mass is 378 g/mol. The Morgan fingerprint density at radius 1 is 1.08 bits per heavy atom. The van der Waals surface area contributed by atoms with Crippen molar-refractivity contribution in [3.63, 3.8) is 0 Å². The average Bonchev–Trinajstić information content (AvgIpc) is 2.57. The van der Waals surface area contributed by atoms with Gasteiger partial charge in [0.25, 0.3) is 0 Å². The van der Waals surface area contributed by atoms with Crippen LogP contribution in [0.1, 0.15) is 19.7 Å². The van der Waals surface area contributed by atoms with Crippen LogP contribution in [0.15, 0.2) is 29.2 Å². The Morgan fingerprint density at radius 2 is 1.76 bits per heavy atom. The molecule has 1 fully saturated rings. The van der Waals surface area contributed by atoms with E-state index in [-0.39, 0.29) is 10.7 Å². The van der Waals surface area contributed by atoms with Gasteiger partial charge in [-0.15, -0.1) is 11.8 Å². The molecular formula is C17H23ClN6S. The Labute approximate surface area is 157 Å². The van der Waals surface area contributed by atoms with Crippen LogP contribution in [0.3, 0.4) is 0 Å². The second-order valence-electron chi connectivity index (χ2n) is 6.65. The van der Waals surface area contributed by atoms with Crippen LogP contribution in [0.4, 0.5) is 11.9 Å². The predicted molar refractivity (Wildman–Crippen MR) is 104 cm³/mol. The number of nitrogen functional groups attached to an aromatic ring is 1. The third-order valence-corrected chi connectivity index (χ3v) is 5.88. The average molecular weight is 379 g/mol. The van der Waals surface area contributed by atoms with Crippen LogP contribution >= 0.6 is 23.4 Å². The Balaban J connectivity index is 1.87. The van der Waals surface area contributed by atoms with Crippen molar-refractivity contribution in [2.75, 3.05) is 43.9 Å². The van der Waals surface area contributed by atoms with E-state index in [0.29, 0.717) is 11.8 Å². The highest BCUT2D eigenvalue weighted by molar-refractivity contribution is 8.00. The number of thioether (sulfide) groups is 1. The standard InChI is InChI=1S/C17H23ClN6S/c1-17(2,25-13-7-5-4-6-12(13)18)14-20-15(19)22-16(21-14)24-10-8-23(3)9-11-24/h4-7H,8-11H2,1-3H3,(H2,19,20,21,22). The van der Waals surface area contributed by atoms with Crippen molar-refractivity contribution in [1.29, 1.82) is 0 Å². The van der Waals surface area contributed by atoms with E-state index in [1.165, 1.54) is 0 Å². The number of piperazine rings is 1. The van der Waals surface area contributed by atoms with Gasteiger partial charge in [0.2, 0.25) is 11.9 Å². The molecule has 0 aliphatic carbocycles. The molecule has 0 radical (unpaired) electrons. The normalized spacial score (nSPS) is 16.2. The largest absolute Gasteiger partial charge is 0.368 e. The topological polar surface area (TPSA) is 71.2 Å². The van der Waals surface area contributed by atoms with Crippen molar-refractivity contribution in [3.8, 4) is 0 Å². The van der Waals surface area contributed by atoms with Crippen molar-refractivity contribution >= 4 is 35.3 Å². The van der Waals surface area contributed by atoms with Crippen molar-refractivity contribution in [1.82, 2.24) is 19.9 Å². The minimum Gasteiger partial charge on any atom is -0.368 e. The van der Waals surface area contributed by atoms with Crippen molar-refractivity contribution in [3.05, 3.63) is 35.1 Å². The summed E-state index contributed by atoms with van der Waals surface area (Å²) in [5, 5.41) is 0.724. The van der Waals surface area contributed by atoms with Gasteiger partial charge in [-0.1, -0.05) is 23.7 Å². The molecule has 0 bridgehead atoms. The van der Waals surface area contributed by atoms with Crippen molar-refractivity contribution in [2.24, 2.45) is 0 Å². The first kappa shape index (κ1) is 18.2. The van der Waals surface area contributed by atoms with Gasteiger partial charge in [-0.3, -0.25) is 0 Å². The Hall–Kier alpha value is -1.57. The molecule has 1 aromatic carbocycles. The molecule has 0 unspecified atom stereocenters. The summed E-state index contributed by atoms with van der Waals surface area (Å²) in [4.78, 5) is 18.9. The highest BCUT2D eigenvalue weighted by Gasteiger charge is 2.29. The molecule has 0 spiro atoms. The van der Waals surface area contributed by atoms with E-state index in [4.69, 9.17) is 22.3 Å². The number of aromatic nitrogens is 3. The highest BCUT2D eigenvalue weighted by Crippen LogP contribution is 2.42. The van der Waals surface area contributed by atoms with E-state index in [9.17, 15) is 0 Å². The Morgan fingerprint density at radius 3 is 2.44 bits per heavy atom. The zero-order valence-electron chi connectivity index (χ0n) is 14.7. The maximum atomic E-state index is 6.30. The van der Waals surface area contributed by atoms with E-state index < -0.39 is 0 Å². The molecule has 2 aromatic rings. The summed E-state index contributed by atoms with van der Waals surface area (Å²) in [6.45, 7) is 7.89. The van der Waals surface area contributed by atoms with Gasteiger partial charge in [-0.2, -0.15) is 15.0 Å². The molecule has 25 heavy (non-hydrogen) atoms. The second kappa shape index (κ2) is 7.35. The SMILES string of the molecule is CN1CCN(c2nc(N)nc(C(C)(C)Sc3ccccc3Cl)n2)CC1. The lowest BCUT2D eigenvalue weighted by Crippen LogP contribution is -2.45. The summed E-state index contributed by atoms with van der Waals surface area (Å²) in [5.41, 5.74) is 5.98. The number of rotatable bonds is 4. The smallest absolute Gasteiger partial charge is 0.230 e. The quantitative estimate of drug-likeness (QED) is 0.820. The summed E-state index contributed by atoms with van der Waals surface area (Å²) >= 11 is 7.93. The predicted octanol–water partition coefficient (Wildman–Crippen LogP) is 2.89. The van der Waals surface area contributed by atoms with Crippen molar-refractivity contribution < 1.29 is 0 Å². The number of nitrogens with two attached hydrogens (primary N) is 1. The number of benzene rings is 1. The fourth-order valence-corrected chi connectivity index (χ4v) is 3.94. The molecule has 0 atom stereocenters.